The first-order valence-corrected chi connectivity index (χ1v) is 5.38. The third-order valence-corrected chi connectivity index (χ3v) is 2.54. The summed E-state index contributed by atoms with van der Waals surface area (Å²) in [6.45, 7) is 2.68. The van der Waals surface area contributed by atoms with Gasteiger partial charge < -0.3 is 10.5 Å². The molecule has 96 valence electrons. The van der Waals surface area contributed by atoms with Gasteiger partial charge in [-0.05, 0) is 31.5 Å². The summed E-state index contributed by atoms with van der Waals surface area (Å²) in [4.78, 5) is 0. The van der Waals surface area contributed by atoms with Crippen LogP contribution in [0.25, 0.3) is 0 Å². The summed E-state index contributed by atoms with van der Waals surface area (Å²) in [5, 5.41) is 0.121. The lowest BCUT2D eigenvalue weighted by atomic mass is 10.1. The van der Waals surface area contributed by atoms with Crippen LogP contribution in [0.15, 0.2) is 18.2 Å². The fraction of sp³-hybridized carbons (Fsp3) is 0.455. The Morgan fingerprint density at radius 1 is 1.29 bits per heavy atom. The van der Waals surface area contributed by atoms with E-state index in [1.165, 1.54) is 12.1 Å². The summed E-state index contributed by atoms with van der Waals surface area (Å²) in [5.74, 6) is 0.000826. The van der Waals surface area contributed by atoms with Crippen LogP contribution in [0.3, 0.4) is 0 Å². The van der Waals surface area contributed by atoms with Gasteiger partial charge in [0.2, 0.25) is 0 Å². The first-order valence-electron chi connectivity index (χ1n) is 5.00. The second kappa shape index (κ2) is 5.14. The lowest BCUT2D eigenvalue weighted by Crippen LogP contribution is -2.31. The van der Waals surface area contributed by atoms with Crippen LogP contribution in [0.5, 0.6) is 5.75 Å². The van der Waals surface area contributed by atoms with Gasteiger partial charge >= 0.3 is 6.18 Å². The molecule has 0 aliphatic carbocycles. The minimum Gasteiger partial charge on any atom is -0.480 e. The van der Waals surface area contributed by atoms with E-state index in [2.05, 4.69) is 0 Å². The van der Waals surface area contributed by atoms with E-state index in [-0.39, 0.29) is 16.8 Å². The quantitative estimate of drug-likeness (QED) is 0.906. The average Bonchev–Trinajstić information content (AvgIpc) is 2.19. The third-order valence-electron chi connectivity index (χ3n) is 2.25. The Bertz CT molecular complexity index is 393. The zero-order valence-electron chi connectivity index (χ0n) is 9.38. The highest BCUT2D eigenvalue weighted by Gasteiger charge is 2.38. The van der Waals surface area contributed by atoms with E-state index in [1.54, 1.807) is 13.0 Å². The fourth-order valence-electron chi connectivity index (χ4n) is 1.15. The molecule has 1 unspecified atom stereocenters. The van der Waals surface area contributed by atoms with Crippen molar-refractivity contribution >= 4 is 11.6 Å². The third kappa shape index (κ3) is 3.78. The van der Waals surface area contributed by atoms with E-state index >= 15 is 0 Å². The van der Waals surface area contributed by atoms with Crippen LogP contribution in [-0.2, 0) is 0 Å². The molecule has 0 radical (unpaired) electrons. The summed E-state index contributed by atoms with van der Waals surface area (Å²) in [5.41, 5.74) is 6.36. The van der Waals surface area contributed by atoms with E-state index in [9.17, 15) is 13.2 Å². The van der Waals surface area contributed by atoms with Crippen LogP contribution in [0.4, 0.5) is 13.2 Å². The van der Waals surface area contributed by atoms with Gasteiger partial charge in [-0.3, -0.25) is 0 Å². The molecule has 0 bridgehead atoms. The van der Waals surface area contributed by atoms with Crippen molar-refractivity contribution in [2.45, 2.75) is 32.2 Å². The Hall–Kier alpha value is -0.940. The van der Waals surface area contributed by atoms with E-state index in [0.29, 0.717) is 0 Å². The van der Waals surface area contributed by atoms with Crippen LogP contribution >= 0.6 is 11.6 Å². The average molecular weight is 268 g/mol. The molecule has 17 heavy (non-hydrogen) atoms. The van der Waals surface area contributed by atoms with E-state index in [1.807, 2.05) is 0 Å². The molecule has 0 spiro atoms. The zero-order chi connectivity index (χ0) is 13.2. The van der Waals surface area contributed by atoms with Crippen molar-refractivity contribution in [2.24, 2.45) is 5.73 Å². The lowest BCUT2D eigenvalue weighted by molar-refractivity contribution is -0.189. The predicted molar refractivity (Wildman–Crippen MR) is 60.2 cm³/mol. The topological polar surface area (TPSA) is 35.2 Å². The molecule has 6 heteroatoms. The highest BCUT2D eigenvalue weighted by atomic mass is 35.5. The molecule has 2 nitrogen and oxygen atoms in total. The van der Waals surface area contributed by atoms with Crippen molar-refractivity contribution in [1.82, 2.24) is 0 Å². The molecule has 0 heterocycles. The Kier molecular flexibility index (Phi) is 4.27. The van der Waals surface area contributed by atoms with E-state index in [4.69, 9.17) is 22.1 Å². The molecule has 0 aliphatic rings. The van der Waals surface area contributed by atoms with Gasteiger partial charge in [-0.25, -0.2) is 0 Å². The van der Waals surface area contributed by atoms with E-state index < -0.39 is 12.3 Å². The fourth-order valence-corrected chi connectivity index (χ4v) is 1.39. The van der Waals surface area contributed by atoms with Crippen molar-refractivity contribution in [2.75, 3.05) is 0 Å². The SMILES string of the molecule is CC(Oc1ccc([C@H](C)N)cc1Cl)C(F)(F)F. The Morgan fingerprint density at radius 2 is 1.88 bits per heavy atom. The van der Waals surface area contributed by atoms with Gasteiger partial charge in [-0.15, -0.1) is 0 Å². The maximum absolute atomic E-state index is 12.3. The minimum atomic E-state index is -4.41. The molecule has 0 saturated carbocycles. The molecule has 2 atom stereocenters. The maximum atomic E-state index is 12.3. The Labute approximate surface area is 103 Å². The Morgan fingerprint density at radius 3 is 2.29 bits per heavy atom. The maximum Gasteiger partial charge on any atom is 0.425 e. The van der Waals surface area contributed by atoms with Gasteiger partial charge in [0, 0.05) is 6.04 Å². The standard InChI is InChI=1S/C11H13ClF3NO/c1-6(16)8-3-4-10(9(12)5-8)17-7(2)11(13,14)15/h3-7H,16H2,1-2H3/t6-,7?/m0/s1. The van der Waals surface area contributed by atoms with Crippen LogP contribution in [-0.4, -0.2) is 12.3 Å². The molecule has 1 aromatic rings. The zero-order valence-corrected chi connectivity index (χ0v) is 10.1. The summed E-state index contributed by atoms with van der Waals surface area (Å²) in [6.07, 6.45) is -6.32. The summed E-state index contributed by atoms with van der Waals surface area (Å²) in [7, 11) is 0. The van der Waals surface area contributed by atoms with Gasteiger partial charge in [0.1, 0.15) is 5.75 Å². The Balaban J connectivity index is 2.87. The predicted octanol–water partition coefficient (Wildman–Crippen LogP) is 3.69. The highest BCUT2D eigenvalue weighted by Crippen LogP contribution is 2.31. The number of hydrogen-bond donors (Lipinski definition) is 1. The summed E-state index contributed by atoms with van der Waals surface area (Å²) in [6, 6.07) is 4.25. The largest absolute Gasteiger partial charge is 0.480 e. The molecule has 1 rings (SSSR count). The number of halogens is 4. The molecule has 2 N–H and O–H groups in total. The first kappa shape index (κ1) is 14.1. The smallest absolute Gasteiger partial charge is 0.425 e. The van der Waals surface area contributed by atoms with Gasteiger partial charge in [0.15, 0.2) is 6.10 Å². The van der Waals surface area contributed by atoms with Crippen LogP contribution < -0.4 is 10.5 Å². The van der Waals surface area contributed by atoms with Crippen molar-refractivity contribution in [3.05, 3.63) is 28.8 Å². The molecule has 0 fully saturated rings. The van der Waals surface area contributed by atoms with Crippen LogP contribution in [0.2, 0.25) is 5.02 Å². The molecule has 0 saturated heterocycles. The molecule has 0 aliphatic heterocycles. The molecule has 0 amide bonds. The van der Waals surface area contributed by atoms with Crippen LogP contribution in [0.1, 0.15) is 25.5 Å². The molecule has 0 aromatic heterocycles. The van der Waals surface area contributed by atoms with E-state index in [0.717, 1.165) is 12.5 Å². The number of benzene rings is 1. The van der Waals surface area contributed by atoms with Crippen molar-refractivity contribution in [3.8, 4) is 5.75 Å². The lowest BCUT2D eigenvalue weighted by Gasteiger charge is -2.19. The van der Waals surface area contributed by atoms with Crippen LogP contribution in [0, 0.1) is 0 Å². The monoisotopic (exact) mass is 267 g/mol. The van der Waals surface area contributed by atoms with Crippen molar-refractivity contribution in [1.29, 1.82) is 0 Å². The molecular weight excluding hydrogens is 255 g/mol. The molecular formula is C11H13ClF3NO. The number of alkyl halides is 3. The number of nitrogens with two attached hydrogens (primary N) is 1. The summed E-state index contributed by atoms with van der Waals surface area (Å²) < 4.78 is 41.6. The van der Waals surface area contributed by atoms with Crippen molar-refractivity contribution in [3.63, 3.8) is 0 Å². The number of rotatable bonds is 3. The number of hydrogen-bond acceptors (Lipinski definition) is 2. The second-order valence-electron chi connectivity index (χ2n) is 3.78. The second-order valence-corrected chi connectivity index (χ2v) is 4.19. The van der Waals surface area contributed by atoms with Gasteiger partial charge in [0.25, 0.3) is 0 Å². The minimum absolute atomic E-state index is 0.000826. The normalized spacial score (nSPS) is 15.5. The number of ether oxygens (including phenoxy) is 1. The van der Waals surface area contributed by atoms with Crippen molar-refractivity contribution < 1.29 is 17.9 Å². The van der Waals surface area contributed by atoms with Gasteiger partial charge in [0.05, 0.1) is 5.02 Å². The first-order chi connectivity index (χ1) is 7.71. The highest BCUT2D eigenvalue weighted by molar-refractivity contribution is 6.32. The van der Waals surface area contributed by atoms with Gasteiger partial charge in [-0.1, -0.05) is 17.7 Å². The molecule has 1 aromatic carbocycles. The summed E-state index contributed by atoms with van der Waals surface area (Å²) >= 11 is 5.82. The van der Waals surface area contributed by atoms with Gasteiger partial charge in [-0.2, -0.15) is 13.2 Å².